The van der Waals surface area contributed by atoms with E-state index in [1.807, 2.05) is 0 Å². The Bertz CT molecular complexity index is 1240. The highest BCUT2D eigenvalue weighted by Crippen LogP contribution is 2.33. The number of hydrogen-bond donors (Lipinski definition) is 0. The molecule has 1 aromatic carbocycles. The van der Waals surface area contributed by atoms with Gasteiger partial charge in [0.15, 0.2) is 23.3 Å². The zero-order valence-electron chi connectivity index (χ0n) is 19.8. The van der Waals surface area contributed by atoms with Crippen molar-refractivity contribution in [1.29, 1.82) is 0 Å². The summed E-state index contributed by atoms with van der Waals surface area (Å²) in [5, 5.41) is 11.2. The van der Waals surface area contributed by atoms with Crippen molar-refractivity contribution in [1.82, 2.24) is 25.2 Å². The maximum atomic E-state index is 14.6. The fourth-order valence-electron chi connectivity index (χ4n) is 2.81. The van der Waals surface area contributed by atoms with Crippen LogP contribution in [-0.2, 0) is 9.47 Å². The second kappa shape index (κ2) is 9.64. The fraction of sp³-hybridized carbons (Fsp3) is 0.364. The average molecular weight is 553 g/mol. The van der Waals surface area contributed by atoms with E-state index < -0.39 is 35.0 Å². The van der Waals surface area contributed by atoms with Gasteiger partial charge < -0.3 is 9.47 Å². The van der Waals surface area contributed by atoms with Gasteiger partial charge in [-0.05, 0) is 86.1 Å². The molecular weight excluding hydrogens is 530 g/mol. The topological polar surface area (TPSA) is 112 Å². The molecule has 0 aliphatic heterocycles. The van der Waals surface area contributed by atoms with E-state index >= 15 is 0 Å². The Morgan fingerprint density at radius 2 is 1.63 bits per heavy atom. The Kier molecular flexibility index (Phi) is 7.20. The number of tetrazole rings is 1. The van der Waals surface area contributed by atoms with E-state index in [0.29, 0.717) is 9.37 Å². The van der Waals surface area contributed by atoms with Crippen molar-refractivity contribution in [3.63, 3.8) is 0 Å². The van der Waals surface area contributed by atoms with E-state index in [2.05, 4.69) is 36.4 Å². The van der Waals surface area contributed by atoms with Crippen molar-refractivity contribution >= 4 is 33.9 Å². The van der Waals surface area contributed by atoms with E-state index in [0.717, 1.165) is 10.7 Å². The van der Waals surface area contributed by atoms with Crippen LogP contribution >= 0.6 is 15.9 Å². The summed E-state index contributed by atoms with van der Waals surface area (Å²) in [5.41, 5.74) is -2.18. The third-order valence-corrected chi connectivity index (χ3v) is 4.50. The molecule has 0 aliphatic rings. The first-order valence-corrected chi connectivity index (χ1v) is 11.1. The molecule has 35 heavy (non-hydrogen) atoms. The Labute approximate surface area is 208 Å². The van der Waals surface area contributed by atoms with Crippen LogP contribution in [0.15, 0.2) is 34.9 Å². The summed E-state index contributed by atoms with van der Waals surface area (Å²) in [6.45, 7) is 9.76. The van der Waals surface area contributed by atoms with Gasteiger partial charge in [-0.1, -0.05) is 6.07 Å². The molecule has 10 nitrogen and oxygen atoms in total. The van der Waals surface area contributed by atoms with Crippen LogP contribution in [0.5, 0.6) is 0 Å². The minimum absolute atomic E-state index is 0.0322. The number of nitrogens with zero attached hydrogens (tertiary/aromatic N) is 6. The largest absolute Gasteiger partial charge is 0.443 e. The van der Waals surface area contributed by atoms with Crippen LogP contribution in [0, 0.1) is 11.6 Å². The molecule has 0 saturated heterocycles. The number of ether oxygens (including phenoxy) is 2. The lowest BCUT2D eigenvalue weighted by Gasteiger charge is -2.28. The molecule has 2 heterocycles. The Morgan fingerprint density at radius 3 is 2.20 bits per heavy atom. The molecule has 0 unspecified atom stereocenters. The maximum absolute atomic E-state index is 14.6. The summed E-state index contributed by atoms with van der Waals surface area (Å²) >= 11 is 3.28. The van der Waals surface area contributed by atoms with Gasteiger partial charge in [0.1, 0.15) is 16.9 Å². The highest BCUT2D eigenvalue weighted by molar-refractivity contribution is 9.10. The van der Waals surface area contributed by atoms with E-state index in [4.69, 9.17) is 9.47 Å². The highest BCUT2D eigenvalue weighted by atomic mass is 79.9. The van der Waals surface area contributed by atoms with Gasteiger partial charge in [-0.2, -0.15) is 9.58 Å². The number of hydrogen-bond acceptors (Lipinski definition) is 8. The fourth-order valence-corrected chi connectivity index (χ4v) is 3.14. The number of pyridine rings is 1. The lowest BCUT2D eigenvalue weighted by atomic mass is 10.2. The van der Waals surface area contributed by atoms with Crippen LogP contribution in [0.25, 0.3) is 17.1 Å². The van der Waals surface area contributed by atoms with E-state index in [-0.39, 0.29) is 22.9 Å². The van der Waals surface area contributed by atoms with Crippen molar-refractivity contribution in [2.45, 2.75) is 52.7 Å². The molecule has 0 aliphatic carbocycles. The van der Waals surface area contributed by atoms with Crippen LogP contribution in [0.2, 0.25) is 0 Å². The predicted octanol–water partition coefficient (Wildman–Crippen LogP) is 5.44. The van der Waals surface area contributed by atoms with Gasteiger partial charge >= 0.3 is 12.2 Å². The lowest BCUT2D eigenvalue weighted by Crippen LogP contribution is -2.44. The summed E-state index contributed by atoms with van der Waals surface area (Å²) in [5.74, 6) is -2.68. The molecule has 3 rings (SSSR count). The molecule has 3 aromatic rings. The zero-order valence-corrected chi connectivity index (χ0v) is 21.4. The summed E-state index contributed by atoms with van der Waals surface area (Å²) in [4.78, 5) is 31.1. The molecule has 0 radical (unpaired) electrons. The lowest BCUT2D eigenvalue weighted by molar-refractivity contribution is 0.0429. The quantitative estimate of drug-likeness (QED) is 0.422. The highest BCUT2D eigenvalue weighted by Gasteiger charge is 2.36. The molecule has 186 valence electrons. The zero-order chi connectivity index (χ0) is 26.1. The first-order chi connectivity index (χ1) is 16.2. The number of rotatable bonds is 3. The molecule has 0 N–H and O–H groups in total. The van der Waals surface area contributed by atoms with E-state index in [1.54, 1.807) is 41.5 Å². The number of anilines is 1. The van der Waals surface area contributed by atoms with Crippen molar-refractivity contribution in [2.24, 2.45) is 0 Å². The number of carbonyl (C=O) groups is 2. The van der Waals surface area contributed by atoms with Crippen LogP contribution in [0.4, 0.5) is 24.2 Å². The Hall–Kier alpha value is -3.48. The van der Waals surface area contributed by atoms with E-state index in [1.165, 1.54) is 24.4 Å². The Morgan fingerprint density at radius 1 is 1.03 bits per heavy atom. The van der Waals surface area contributed by atoms with Gasteiger partial charge in [-0.3, -0.25) is 0 Å². The van der Waals surface area contributed by atoms with Gasteiger partial charge in [-0.15, -0.1) is 5.10 Å². The van der Waals surface area contributed by atoms with Gasteiger partial charge in [0.2, 0.25) is 0 Å². The minimum atomic E-state index is -1.19. The van der Waals surface area contributed by atoms with E-state index in [9.17, 15) is 18.4 Å². The predicted molar refractivity (Wildman–Crippen MR) is 125 cm³/mol. The monoisotopic (exact) mass is 552 g/mol. The smallest absolute Gasteiger partial charge is 0.425 e. The van der Waals surface area contributed by atoms with Crippen LogP contribution in [0.1, 0.15) is 41.5 Å². The molecule has 0 saturated carbocycles. The number of amides is 2. The summed E-state index contributed by atoms with van der Waals surface area (Å²) < 4.78 is 40.6. The first-order valence-electron chi connectivity index (χ1n) is 10.3. The first kappa shape index (κ1) is 26.1. The van der Waals surface area contributed by atoms with Crippen molar-refractivity contribution in [3.05, 3.63) is 46.6 Å². The van der Waals surface area contributed by atoms with Crippen molar-refractivity contribution in [3.8, 4) is 17.1 Å². The van der Waals surface area contributed by atoms with Gasteiger partial charge in [0.05, 0.1) is 5.56 Å². The van der Waals surface area contributed by atoms with Crippen LogP contribution in [-0.4, -0.2) is 48.6 Å². The van der Waals surface area contributed by atoms with Crippen LogP contribution in [0.3, 0.4) is 0 Å². The number of benzene rings is 1. The number of carbonyl (C=O) groups excluding carboxylic acids is 2. The molecule has 0 bridgehead atoms. The molecule has 0 atom stereocenters. The SMILES string of the molecule is CC(C)(C)OC(=O)N(C(=O)OC(C)(C)C)c1ncc(Br)cc1-c1nnnn1-c1cccc(F)c1F. The molecule has 0 fully saturated rings. The molecule has 0 spiro atoms. The molecular formula is C22H23BrF2N6O4. The maximum Gasteiger partial charge on any atom is 0.425 e. The number of halogens is 3. The second-order valence-corrected chi connectivity index (χ2v) is 10.2. The Balaban J connectivity index is 2.23. The number of aromatic nitrogens is 5. The van der Waals surface area contributed by atoms with Gasteiger partial charge in [0, 0.05) is 10.7 Å². The number of imide groups is 1. The minimum Gasteiger partial charge on any atom is -0.443 e. The van der Waals surface area contributed by atoms with Gasteiger partial charge in [-0.25, -0.2) is 23.4 Å². The molecule has 13 heteroatoms. The van der Waals surface area contributed by atoms with Gasteiger partial charge in [0.25, 0.3) is 0 Å². The van der Waals surface area contributed by atoms with Crippen molar-refractivity contribution in [2.75, 3.05) is 4.90 Å². The third kappa shape index (κ3) is 6.15. The van der Waals surface area contributed by atoms with Crippen LogP contribution < -0.4 is 4.90 Å². The third-order valence-electron chi connectivity index (χ3n) is 4.07. The average Bonchev–Trinajstić information content (AvgIpc) is 3.18. The summed E-state index contributed by atoms with van der Waals surface area (Å²) in [7, 11) is 0. The second-order valence-electron chi connectivity index (χ2n) is 9.31. The summed E-state index contributed by atoms with van der Waals surface area (Å²) in [6.07, 6.45) is -0.810. The standard InChI is InChI=1S/C22H23BrF2N6O4/c1-21(2,3)34-19(32)30(20(33)35-22(4,5)6)17-13(10-12(23)11-26-17)18-27-28-29-31(18)15-9-7-8-14(24)16(15)25/h7-11H,1-6H3. The molecule has 2 amide bonds. The van der Waals surface area contributed by atoms with Crippen molar-refractivity contribution < 1.29 is 27.8 Å². The normalized spacial score (nSPS) is 11.8. The summed E-state index contributed by atoms with van der Waals surface area (Å²) in [6, 6.07) is 4.96. The molecule has 2 aromatic heterocycles.